The van der Waals surface area contributed by atoms with E-state index in [1.54, 1.807) is 21.1 Å². The van der Waals surface area contributed by atoms with Gasteiger partial charge in [0.05, 0.1) is 21.1 Å². The summed E-state index contributed by atoms with van der Waals surface area (Å²) in [7, 11) is 5.23. The standard InChI is InChI=1S/C25H49NO4/c1-5-6-7-8-9-10-11-12-13-14-15-16-17-18-19-20-21-25(30,22-23(27)28)24(29)26(2,3)4/h12-13,24,29-30H,5-11,14-22H2,1-4H3/b13-12-/t24?,25-/m1/s1. The number of hydrogen-bond acceptors (Lipinski definition) is 4. The van der Waals surface area contributed by atoms with E-state index in [1.165, 1.54) is 57.8 Å². The number of nitrogens with zero attached hydrogens (tertiary/aromatic N) is 1. The highest BCUT2D eigenvalue weighted by atomic mass is 16.4. The molecular weight excluding hydrogens is 378 g/mol. The number of carbonyl (C=O) groups is 1. The summed E-state index contributed by atoms with van der Waals surface area (Å²) in [4.78, 5) is 11.0. The van der Waals surface area contributed by atoms with Crippen molar-refractivity contribution in [2.75, 3.05) is 21.1 Å². The minimum absolute atomic E-state index is 0.0934. The zero-order chi connectivity index (χ0) is 22.9. The molecule has 0 aliphatic carbocycles. The maximum Gasteiger partial charge on any atom is 0.219 e. The second kappa shape index (κ2) is 16.7. The predicted octanol–water partition coefficient (Wildman–Crippen LogP) is 4.31. The molecule has 0 amide bonds. The summed E-state index contributed by atoms with van der Waals surface area (Å²) < 4.78 is 0.0934. The molecule has 5 nitrogen and oxygen atoms in total. The van der Waals surface area contributed by atoms with E-state index in [9.17, 15) is 20.1 Å². The van der Waals surface area contributed by atoms with Gasteiger partial charge in [-0.2, -0.15) is 0 Å². The van der Waals surface area contributed by atoms with Gasteiger partial charge in [-0.3, -0.25) is 0 Å². The Morgan fingerprint density at radius 3 is 1.73 bits per heavy atom. The lowest BCUT2D eigenvalue weighted by Gasteiger charge is -2.41. The Kier molecular flexibility index (Phi) is 16.2. The number of rotatable bonds is 20. The molecule has 30 heavy (non-hydrogen) atoms. The molecule has 0 saturated carbocycles. The fraction of sp³-hybridized carbons (Fsp3) is 0.880. The van der Waals surface area contributed by atoms with Crippen LogP contribution in [0.2, 0.25) is 0 Å². The molecule has 2 N–H and O–H groups in total. The molecule has 178 valence electrons. The molecule has 5 heteroatoms. The van der Waals surface area contributed by atoms with E-state index in [-0.39, 0.29) is 10.9 Å². The van der Waals surface area contributed by atoms with Gasteiger partial charge in [0, 0.05) is 12.4 Å². The van der Waals surface area contributed by atoms with E-state index in [1.807, 2.05) is 0 Å². The van der Waals surface area contributed by atoms with Crippen molar-refractivity contribution in [3.05, 3.63) is 12.2 Å². The van der Waals surface area contributed by atoms with Gasteiger partial charge in [-0.25, -0.2) is 0 Å². The summed E-state index contributed by atoms with van der Waals surface area (Å²) in [5, 5.41) is 32.1. The molecule has 0 aromatic heterocycles. The first-order valence-corrected chi connectivity index (χ1v) is 12.2. The van der Waals surface area contributed by atoms with Crippen LogP contribution in [0.25, 0.3) is 0 Å². The molecule has 0 radical (unpaired) electrons. The van der Waals surface area contributed by atoms with Crippen molar-refractivity contribution in [1.29, 1.82) is 0 Å². The minimum Gasteiger partial charge on any atom is -0.550 e. The molecule has 0 aliphatic heterocycles. The zero-order valence-corrected chi connectivity index (χ0v) is 20.2. The third-order valence-electron chi connectivity index (χ3n) is 5.79. The normalized spacial score (nSPS) is 15.4. The first-order chi connectivity index (χ1) is 14.1. The Hall–Kier alpha value is -0.910. The van der Waals surface area contributed by atoms with E-state index >= 15 is 0 Å². The second-order valence-electron chi connectivity index (χ2n) is 9.83. The van der Waals surface area contributed by atoms with Crippen LogP contribution in [0, 0.1) is 0 Å². The van der Waals surface area contributed by atoms with Crippen molar-refractivity contribution >= 4 is 5.97 Å². The quantitative estimate of drug-likeness (QED) is 0.131. The number of carboxylic acid groups (broad SMARTS) is 1. The summed E-state index contributed by atoms with van der Waals surface area (Å²) in [5.74, 6) is -1.32. The van der Waals surface area contributed by atoms with Gasteiger partial charge in [0.2, 0.25) is 6.23 Å². The monoisotopic (exact) mass is 427 g/mol. The number of hydrogen-bond donors (Lipinski definition) is 2. The molecule has 0 bridgehead atoms. The molecule has 0 saturated heterocycles. The number of quaternary nitrogens is 1. The summed E-state index contributed by atoms with van der Waals surface area (Å²) >= 11 is 0. The van der Waals surface area contributed by atoms with Gasteiger partial charge in [-0.05, 0) is 32.1 Å². The highest BCUT2D eigenvalue weighted by Crippen LogP contribution is 2.27. The van der Waals surface area contributed by atoms with Gasteiger partial charge < -0.3 is 24.6 Å². The van der Waals surface area contributed by atoms with Crippen molar-refractivity contribution < 1.29 is 24.6 Å². The summed E-state index contributed by atoms with van der Waals surface area (Å²) in [6.45, 7) is 2.25. The number of aliphatic hydroxyl groups is 2. The number of aliphatic hydroxyl groups excluding tert-OH is 1. The first kappa shape index (κ1) is 29.1. The number of aliphatic carboxylic acids is 1. The summed E-state index contributed by atoms with van der Waals surface area (Å²) in [5.41, 5.74) is -1.64. The van der Waals surface area contributed by atoms with Crippen LogP contribution in [0.15, 0.2) is 12.2 Å². The highest BCUT2D eigenvalue weighted by molar-refractivity contribution is 5.65. The van der Waals surface area contributed by atoms with Crippen molar-refractivity contribution in [3.8, 4) is 0 Å². The van der Waals surface area contributed by atoms with Crippen molar-refractivity contribution in [2.45, 2.75) is 121 Å². The van der Waals surface area contributed by atoms with Crippen molar-refractivity contribution in [1.82, 2.24) is 0 Å². The summed E-state index contributed by atoms with van der Waals surface area (Å²) in [6, 6.07) is 0. The Morgan fingerprint density at radius 1 is 0.867 bits per heavy atom. The molecule has 0 aromatic rings. The van der Waals surface area contributed by atoms with Gasteiger partial charge in [-0.15, -0.1) is 0 Å². The van der Waals surface area contributed by atoms with E-state index in [2.05, 4.69) is 19.1 Å². The van der Waals surface area contributed by atoms with Crippen LogP contribution in [0.1, 0.15) is 110 Å². The molecule has 1 unspecified atom stereocenters. The number of unbranched alkanes of at least 4 members (excludes halogenated alkanes) is 12. The van der Waals surface area contributed by atoms with Crippen molar-refractivity contribution in [2.24, 2.45) is 0 Å². The predicted molar refractivity (Wildman–Crippen MR) is 123 cm³/mol. The molecule has 0 aliphatic rings. The van der Waals surface area contributed by atoms with Gasteiger partial charge >= 0.3 is 0 Å². The molecule has 0 rings (SSSR count). The largest absolute Gasteiger partial charge is 0.550 e. The van der Waals surface area contributed by atoms with Crippen LogP contribution in [0.4, 0.5) is 0 Å². The lowest BCUT2D eigenvalue weighted by molar-refractivity contribution is -0.927. The van der Waals surface area contributed by atoms with E-state index < -0.39 is 24.2 Å². The average Bonchev–Trinajstić information content (AvgIpc) is 2.65. The topological polar surface area (TPSA) is 80.6 Å². The van der Waals surface area contributed by atoms with E-state index in [0.717, 1.165) is 25.7 Å². The third kappa shape index (κ3) is 15.0. The van der Waals surface area contributed by atoms with Crippen LogP contribution < -0.4 is 5.11 Å². The maximum atomic E-state index is 11.0. The minimum atomic E-state index is -1.64. The third-order valence-corrected chi connectivity index (χ3v) is 5.79. The smallest absolute Gasteiger partial charge is 0.219 e. The molecule has 0 heterocycles. The fourth-order valence-electron chi connectivity index (χ4n) is 3.96. The van der Waals surface area contributed by atoms with E-state index in [4.69, 9.17) is 0 Å². The highest BCUT2D eigenvalue weighted by Gasteiger charge is 2.43. The van der Waals surface area contributed by atoms with Gasteiger partial charge in [0.25, 0.3) is 0 Å². The first-order valence-electron chi connectivity index (χ1n) is 12.2. The van der Waals surface area contributed by atoms with Crippen LogP contribution in [-0.4, -0.2) is 53.6 Å². The Morgan fingerprint density at radius 2 is 1.30 bits per heavy atom. The summed E-state index contributed by atoms with van der Waals surface area (Å²) in [6.07, 6.45) is 20.0. The molecule has 0 fully saturated rings. The van der Waals surface area contributed by atoms with Crippen LogP contribution in [0.5, 0.6) is 0 Å². The molecular formula is C25H49NO4. The van der Waals surface area contributed by atoms with E-state index in [0.29, 0.717) is 6.42 Å². The van der Waals surface area contributed by atoms with Crippen LogP contribution >= 0.6 is 0 Å². The number of carboxylic acids is 1. The second-order valence-corrected chi connectivity index (χ2v) is 9.83. The molecule has 2 atom stereocenters. The fourth-order valence-corrected chi connectivity index (χ4v) is 3.96. The molecule has 0 aromatic carbocycles. The Labute approximate surface area is 185 Å². The average molecular weight is 428 g/mol. The van der Waals surface area contributed by atoms with Gasteiger partial charge in [0.1, 0.15) is 5.60 Å². The maximum absolute atomic E-state index is 11.0. The lowest BCUT2D eigenvalue weighted by atomic mass is 9.89. The number of likely N-dealkylation sites (N-methyl/N-ethyl adjacent to an activating group) is 1. The van der Waals surface area contributed by atoms with Gasteiger partial charge in [-0.1, -0.05) is 83.3 Å². The Bertz CT molecular complexity index is 459. The number of carbonyl (C=O) groups excluding carboxylic acids is 1. The Balaban J connectivity index is 3.79. The molecule has 0 spiro atoms. The SMILES string of the molecule is CCCCCCCC/C=C\CCCCCCCC[C@@](O)(CC(=O)[O-])C(O)[N+](C)(C)C. The van der Waals surface area contributed by atoms with Gasteiger partial charge in [0.15, 0.2) is 0 Å². The van der Waals surface area contributed by atoms with Crippen molar-refractivity contribution in [3.63, 3.8) is 0 Å². The van der Waals surface area contributed by atoms with Crippen LogP contribution in [-0.2, 0) is 4.79 Å². The zero-order valence-electron chi connectivity index (χ0n) is 20.2. The number of allylic oxidation sites excluding steroid dienone is 2. The lowest BCUT2D eigenvalue weighted by Crippen LogP contribution is -2.60. The van der Waals surface area contributed by atoms with Crippen LogP contribution in [0.3, 0.4) is 0 Å².